The SMILES string of the molecule is Nc1ccc(Sc2ccc(Nc3ccccc3I)c(F)c2)c(F)c1. The van der Waals surface area contributed by atoms with Gasteiger partial charge in [0.15, 0.2) is 0 Å². The van der Waals surface area contributed by atoms with E-state index in [1.807, 2.05) is 24.3 Å². The summed E-state index contributed by atoms with van der Waals surface area (Å²) in [5, 5.41) is 3.07. The summed E-state index contributed by atoms with van der Waals surface area (Å²) >= 11 is 3.34. The zero-order valence-corrected chi connectivity index (χ0v) is 15.4. The Balaban J connectivity index is 1.81. The maximum Gasteiger partial charge on any atom is 0.147 e. The number of nitrogens with one attached hydrogen (secondary N) is 1. The zero-order chi connectivity index (χ0) is 17.1. The van der Waals surface area contributed by atoms with Gasteiger partial charge in [0.25, 0.3) is 0 Å². The molecular formula is C18H13F2IN2S. The second-order valence-corrected chi connectivity index (χ2v) is 7.32. The second kappa shape index (κ2) is 7.40. The van der Waals surface area contributed by atoms with Crippen LogP contribution in [0.15, 0.2) is 70.5 Å². The lowest BCUT2D eigenvalue weighted by molar-refractivity contribution is 0.602. The number of hydrogen-bond donors (Lipinski definition) is 2. The van der Waals surface area contributed by atoms with Crippen LogP contribution in [0.1, 0.15) is 0 Å². The molecule has 0 saturated carbocycles. The quantitative estimate of drug-likeness (QED) is 0.373. The third kappa shape index (κ3) is 3.99. The predicted molar refractivity (Wildman–Crippen MR) is 104 cm³/mol. The molecule has 3 aromatic rings. The molecule has 0 radical (unpaired) electrons. The van der Waals surface area contributed by atoms with Crippen LogP contribution in [0, 0.1) is 15.2 Å². The molecule has 0 aromatic heterocycles. The van der Waals surface area contributed by atoms with Crippen molar-refractivity contribution in [3.8, 4) is 0 Å². The first-order chi connectivity index (χ1) is 11.5. The molecule has 0 aliphatic carbocycles. The van der Waals surface area contributed by atoms with Crippen molar-refractivity contribution < 1.29 is 8.78 Å². The Bertz CT molecular complexity index is 887. The van der Waals surface area contributed by atoms with Gasteiger partial charge in [-0.3, -0.25) is 0 Å². The average Bonchev–Trinajstić information content (AvgIpc) is 2.54. The van der Waals surface area contributed by atoms with Crippen LogP contribution < -0.4 is 11.1 Å². The van der Waals surface area contributed by atoms with E-state index in [1.165, 1.54) is 12.1 Å². The maximum atomic E-state index is 14.3. The summed E-state index contributed by atoms with van der Waals surface area (Å²) in [6.07, 6.45) is 0. The lowest BCUT2D eigenvalue weighted by atomic mass is 10.2. The third-order valence-corrected chi connectivity index (χ3v) is 5.25. The Kier molecular flexibility index (Phi) is 5.25. The molecule has 0 aliphatic rings. The van der Waals surface area contributed by atoms with Gasteiger partial charge < -0.3 is 11.1 Å². The minimum Gasteiger partial charge on any atom is -0.399 e. The van der Waals surface area contributed by atoms with Crippen LogP contribution >= 0.6 is 34.4 Å². The molecule has 0 saturated heterocycles. The molecule has 2 nitrogen and oxygen atoms in total. The summed E-state index contributed by atoms with van der Waals surface area (Å²) < 4.78 is 29.2. The normalized spacial score (nSPS) is 10.6. The molecule has 0 fully saturated rings. The average molecular weight is 454 g/mol. The Morgan fingerprint density at radius 3 is 2.38 bits per heavy atom. The maximum absolute atomic E-state index is 14.3. The zero-order valence-electron chi connectivity index (χ0n) is 12.4. The van der Waals surface area contributed by atoms with Gasteiger partial charge in [-0.1, -0.05) is 23.9 Å². The minimum atomic E-state index is -0.415. The van der Waals surface area contributed by atoms with Gasteiger partial charge in [-0.2, -0.15) is 0 Å². The van der Waals surface area contributed by atoms with Gasteiger partial charge in [0, 0.05) is 19.0 Å². The van der Waals surface area contributed by atoms with Crippen molar-refractivity contribution in [3.05, 3.63) is 75.9 Å². The smallest absolute Gasteiger partial charge is 0.147 e. The minimum absolute atomic E-state index is 0.361. The van der Waals surface area contributed by atoms with E-state index in [0.717, 1.165) is 21.0 Å². The Labute approximate surface area is 156 Å². The van der Waals surface area contributed by atoms with E-state index in [1.54, 1.807) is 24.3 Å². The molecule has 0 heterocycles. The van der Waals surface area contributed by atoms with E-state index in [9.17, 15) is 8.78 Å². The molecule has 0 aliphatic heterocycles. The standard InChI is InChI=1S/C18H13F2IN2S/c19-13-10-12(24-18-8-5-11(22)9-14(18)20)6-7-16(13)23-17-4-2-1-3-15(17)21/h1-10,23H,22H2. The van der Waals surface area contributed by atoms with Gasteiger partial charge in [0.05, 0.1) is 11.4 Å². The van der Waals surface area contributed by atoms with Gasteiger partial charge in [-0.25, -0.2) is 8.78 Å². The van der Waals surface area contributed by atoms with Crippen LogP contribution in [-0.2, 0) is 0 Å². The summed E-state index contributed by atoms with van der Waals surface area (Å²) in [6.45, 7) is 0. The van der Waals surface area contributed by atoms with Crippen molar-refractivity contribution in [2.75, 3.05) is 11.1 Å². The highest BCUT2D eigenvalue weighted by molar-refractivity contribution is 14.1. The molecule has 0 bridgehead atoms. The molecule has 0 spiro atoms. The highest BCUT2D eigenvalue weighted by Crippen LogP contribution is 2.33. The molecule has 122 valence electrons. The van der Waals surface area contributed by atoms with Crippen LogP contribution in [-0.4, -0.2) is 0 Å². The highest BCUT2D eigenvalue weighted by atomic mass is 127. The van der Waals surface area contributed by atoms with Crippen molar-refractivity contribution in [2.24, 2.45) is 0 Å². The fraction of sp³-hybridized carbons (Fsp3) is 0. The van der Waals surface area contributed by atoms with E-state index >= 15 is 0 Å². The number of para-hydroxylation sites is 1. The summed E-state index contributed by atoms with van der Waals surface area (Å²) in [5.74, 6) is -0.808. The topological polar surface area (TPSA) is 38.0 Å². The van der Waals surface area contributed by atoms with Crippen LogP contribution in [0.3, 0.4) is 0 Å². The molecule has 3 aromatic carbocycles. The van der Waals surface area contributed by atoms with Crippen molar-refractivity contribution in [1.82, 2.24) is 0 Å². The second-order valence-electron chi connectivity index (χ2n) is 5.04. The first-order valence-corrected chi connectivity index (χ1v) is 8.96. The van der Waals surface area contributed by atoms with E-state index in [4.69, 9.17) is 5.73 Å². The highest BCUT2D eigenvalue weighted by Gasteiger charge is 2.09. The number of nitrogens with two attached hydrogens (primary N) is 1. The molecule has 24 heavy (non-hydrogen) atoms. The number of nitrogen functional groups attached to an aromatic ring is 1. The fourth-order valence-electron chi connectivity index (χ4n) is 2.10. The summed E-state index contributed by atoms with van der Waals surface area (Å²) in [6, 6.07) is 16.9. The van der Waals surface area contributed by atoms with Crippen molar-refractivity contribution >= 4 is 51.4 Å². The number of hydrogen-bond acceptors (Lipinski definition) is 3. The van der Waals surface area contributed by atoms with E-state index in [2.05, 4.69) is 27.9 Å². The third-order valence-electron chi connectivity index (χ3n) is 3.27. The van der Waals surface area contributed by atoms with E-state index < -0.39 is 11.6 Å². The first kappa shape index (κ1) is 17.0. The van der Waals surface area contributed by atoms with E-state index in [0.29, 0.717) is 21.2 Å². The van der Waals surface area contributed by atoms with Gasteiger partial charge in [-0.15, -0.1) is 0 Å². The lowest BCUT2D eigenvalue weighted by Crippen LogP contribution is -1.96. The largest absolute Gasteiger partial charge is 0.399 e. The van der Waals surface area contributed by atoms with Crippen molar-refractivity contribution in [3.63, 3.8) is 0 Å². The number of halogens is 3. The lowest BCUT2D eigenvalue weighted by Gasteiger charge is -2.11. The molecule has 3 rings (SSSR count). The predicted octanol–water partition coefficient (Wildman–Crippen LogP) is 6.05. The number of benzene rings is 3. The van der Waals surface area contributed by atoms with E-state index in [-0.39, 0.29) is 0 Å². The molecule has 0 unspecified atom stereocenters. The van der Waals surface area contributed by atoms with Crippen LogP contribution in [0.5, 0.6) is 0 Å². The van der Waals surface area contributed by atoms with Crippen LogP contribution in [0.25, 0.3) is 0 Å². The van der Waals surface area contributed by atoms with Crippen molar-refractivity contribution in [1.29, 1.82) is 0 Å². The molecule has 3 N–H and O–H groups in total. The summed E-state index contributed by atoms with van der Waals surface area (Å²) in [5.41, 5.74) is 7.10. The number of anilines is 3. The molecular weight excluding hydrogens is 441 g/mol. The van der Waals surface area contributed by atoms with Gasteiger partial charge >= 0.3 is 0 Å². The van der Waals surface area contributed by atoms with Gasteiger partial charge in [-0.05, 0) is 71.1 Å². The van der Waals surface area contributed by atoms with Crippen LogP contribution in [0.2, 0.25) is 0 Å². The molecule has 6 heteroatoms. The summed E-state index contributed by atoms with van der Waals surface area (Å²) in [7, 11) is 0. The monoisotopic (exact) mass is 454 g/mol. The Morgan fingerprint density at radius 1 is 0.875 bits per heavy atom. The fourth-order valence-corrected chi connectivity index (χ4v) is 3.46. The Hall–Kier alpha value is -1.80. The van der Waals surface area contributed by atoms with Crippen LogP contribution in [0.4, 0.5) is 25.8 Å². The Morgan fingerprint density at radius 2 is 1.67 bits per heavy atom. The van der Waals surface area contributed by atoms with Gasteiger partial charge in [0.1, 0.15) is 11.6 Å². The van der Waals surface area contributed by atoms with Gasteiger partial charge in [0.2, 0.25) is 0 Å². The number of rotatable bonds is 4. The molecule has 0 atom stereocenters. The summed E-state index contributed by atoms with van der Waals surface area (Å²) in [4.78, 5) is 1.02. The first-order valence-electron chi connectivity index (χ1n) is 7.07. The van der Waals surface area contributed by atoms with Crippen molar-refractivity contribution in [2.45, 2.75) is 9.79 Å². The molecule has 0 amide bonds.